The lowest BCUT2D eigenvalue weighted by Crippen LogP contribution is -2.08. The molecule has 0 aliphatic rings. The summed E-state index contributed by atoms with van der Waals surface area (Å²) in [7, 11) is 1.54. The van der Waals surface area contributed by atoms with Gasteiger partial charge >= 0.3 is 0 Å². The molecule has 146 valence electrons. The van der Waals surface area contributed by atoms with Crippen molar-refractivity contribution in [2.75, 3.05) is 19.0 Å². The molecule has 2 aromatic carbocycles. The molecule has 0 radical (unpaired) electrons. The molecule has 0 bridgehead atoms. The van der Waals surface area contributed by atoms with Gasteiger partial charge in [0, 0.05) is 6.08 Å². The molecule has 3 aromatic rings. The zero-order chi connectivity index (χ0) is 20.6. The normalized spacial score (nSPS) is 10.5. The van der Waals surface area contributed by atoms with Crippen LogP contribution in [0.3, 0.4) is 0 Å². The SMILES string of the molecule is C#CCOc1ccc(/C=C/C(=O)Nc2ccccc2-c2nc(C)no2)cc1OC. The number of carbonyl (C=O) groups excluding carboxylic acids is 1. The third-order valence-corrected chi connectivity index (χ3v) is 3.87. The molecule has 0 aliphatic carbocycles. The van der Waals surface area contributed by atoms with E-state index < -0.39 is 0 Å². The fourth-order valence-corrected chi connectivity index (χ4v) is 2.56. The third kappa shape index (κ3) is 5.02. The summed E-state index contributed by atoms with van der Waals surface area (Å²) in [4.78, 5) is 16.6. The minimum absolute atomic E-state index is 0.146. The van der Waals surface area contributed by atoms with Crippen molar-refractivity contribution in [1.29, 1.82) is 0 Å². The molecule has 0 atom stereocenters. The maximum atomic E-state index is 12.4. The van der Waals surface area contributed by atoms with Crippen LogP contribution >= 0.6 is 0 Å². The summed E-state index contributed by atoms with van der Waals surface area (Å²) in [6, 6.07) is 12.5. The van der Waals surface area contributed by atoms with Crippen molar-refractivity contribution in [3.8, 4) is 35.3 Å². The summed E-state index contributed by atoms with van der Waals surface area (Å²) in [5.74, 6) is 4.02. The lowest BCUT2D eigenvalue weighted by atomic mass is 10.1. The van der Waals surface area contributed by atoms with Crippen molar-refractivity contribution in [3.63, 3.8) is 0 Å². The summed E-state index contributed by atoms with van der Waals surface area (Å²) in [5, 5.41) is 6.61. The summed E-state index contributed by atoms with van der Waals surface area (Å²) in [5.41, 5.74) is 1.99. The van der Waals surface area contributed by atoms with Crippen LogP contribution in [0.25, 0.3) is 17.5 Å². The van der Waals surface area contributed by atoms with Gasteiger partial charge in [-0.25, -0.2) is 0 Å². The fraction of sp³-hybridized carbons (Fsp3) is 0.136. The Balaban J connectivity index is 1.73. The van der Waals surface area contributed by atoms with E-state index in [1.807, 2.05) is 12.1 Å². The van der Waals surface area contributed by atoms with E-state index in [-0.39, 0.29) is 12.5 Å². The summed E-state index contributed by atoms with van der Waals surface area (Å²) >= 11 is 0. The van der Waals surface area contributed by atoms with Crippen LogP contribution < -0.4 is 14.8 Å². The van der Waals surface area contributed by atoms with Crippen LogP contribution in [0.1, 0.15) is 11.4 Å². The fourth-order valence-electron chi connectivity index (χ4n) is 2.56. The number of hydrogen-bond donors (Lipinski definition) is 1. The lowest BCUT2D eigenvalue weighted by Gasteiger charge is -2.09. The zero-order valence-corrected chi connectivity index (χ0v) is 16.0. The smallest absolute Gasteiger partial charge is 0.260 e. The Labute approximate surface area is 168 Å². The van der Waals surface area contributed by atoms with Crippen LogP contribution in [0.4, 0.5) is 5.69 Å². The highest BCUT2D eigenvalue weighted by Gasteiger charge is 2.12. The molecule has 0 spiro atoms. The number of terminal acetylenes is 1. The predicted octanol–water partition coefficient (Wildman–Crippen LogP) is 3.72. The molecule has 0 fully saturated rings. The highest BCUT2D eigenvalue weighted by molar-refractivity contribution is 6.03. The van der Waals surface area contributed by atoms with Crippen molar-refractivity contribution in [3.05, 3.63) is 59.9 Å². The molecule has 1 heterocycles. The van der Waals surface area contributed by atoms with Crippen molar-refractivity contribution in [1.82, 2.24) is 10.1 Å². The Kier molecular flexibility index (Phi) is 6.28. The molecule has 0 aliphatic heterocycles. The number of rotatable bonds is 7. The summed E-state index contributed by atoms with van der Waals surface area (Å²) in [6.45, 7) is 1.88. The van der Waals surface area contributed by atoms with E-state index in [4.69, 9.17) is 20.4 Å². The first-order chi connectivity index (χ1) is 14.1. The molecule has 29 heavy (non-hydrogen) atoms. The summed E-state index contributed by atoms with van der Waals surface area (Å²) in [6.07, 6.45) is 8.30. The molecule has 1 N–H and O–H groups in total. The molecule has 1 aromatic heterocycles. The molecule has 3 rings (SSSR count). The van der Waals surface area contributed by atoms with Crippen LogP contribution in [-0.2, 0) is 4.79 Å². The first-order valence-electron chi connectivity index (χ1n) is 8.74. The molecule has 0 saturated heterocycles. The van der Waals surface area contributed by atoms with Gasteiger partial charge in [-0.1, -0.05) is 29.3 Å². The molecular formula is C22H19N3O4. The predicted molar refractivity (Wildman–Crippen MR) is 109 cm³/mol. The van der Waals surface area contributed by atoms with E-state index in [9.17, 15) is 4.79 Å². The average Bonchev–Trinajstić information content (AvgIpc) is 3.17. The number of nitrogens with one attached hydrogen (secondary N) is 1. The number of para-hydroxylation sites is 1. The number of nitrogens with zero attached hydrogens (tertiary/aromatic N) is 2. The Morgan fingerprint density at radius 3 is 2.83 bits per heavy atom. The van der Waals surface area contributed by atoms with E-state index in [1.165, 1.54) is 13.2 Å². The van der Waals surface area contributed by atoms with E-state index >= 15 is 0 Å². The van der Waals surface area contributed by atoms with Gasteiger partial charge in [0.15, 0.2) is 17.3 Å². The molecule has 1 amide bonds. The van der Waals surface area contributed by atoms with Crippen molar-refractivity contribution >= 4 is 17.7 Å². The van der Waals surface area contributed by atoms with Crippen LogP contribution in [0, 0.1) is 19.3 Å². The first-order valence-corrected chi connectivity index (χ1v) is 8.74. The van der Waals surface area contributed by atoms with Gasteiger partial charge in [0.2, 0.25) is 5.91 Å². The third-order valence-electron chi connectivity index (χ3n) is 3.87. The van der Waals surface area contributed by atoms with Gasteiger partial charge in [0.05, 0.1) is 18.4 Å². The second-order valence-corrected chi connectivity index (χ2v) is 5.92. The Morgan fingerprint density at radius 2 is 2.10 bits per heavy atom. The van der Waals surface area contributed by atoms with Gasteiger partial charge in [-0.05, 0) is 42.8 Å². The number of anilines is 1. The number of methoxy groups -OCH3 is 1. The van der Waals surface area contributed by atoms with Gasteiger partial charge in [0.25, 0.3) is 5.89 Å². The Morgan fingerprint density at radius 1 is 1.28 bits per heavy atom. The standard InChI is InChI=1S/C22H19N3O4/c1-4-13-28-19-11-9-16(14-20(19)27-3)10-12-21(26)24-18-8-6-5-7-17(18)22-23-15(2)25-29-22/h1,5-12,14H,13H2,2-3H3,(H,24,26)/b12-10+. The number of aryl methyl sites for hydroxylation is 1. The van der Waals surface area contributed by atoms with Crippen LogP contribution in [0.5, 0.6) is 11.5 Å². The largest absolute Gasteiger partial charge is 0.493 e. The maximum absolute atomic E-state index is 12.4. The lowest BCUT2D eigenvalue weighted by molar-refractivity contribution is -0.111. The molecule has 7 heteroatoms. The maximum Gasteiger partial charge on any atom is 0.260 e. The van der Waals surface area contributed by atoms with E-state index in [0.717, 1.165) is 5.56 Å². The molecular weight excluding hydrogens is 370 g/mol. The van der Waals surface area contributed by atoms with Gasteiger partial charge in [-0.15, -0.1) is 6.42 Å². The highest BCUT2D eigenvalue weighted by atomic mass is 16.5. The monoisotopic (exact) mass is 389 g/mol. The first kappa shape index (κ1) is 19.7. The molecule has 7 nitrogen and oxygen atoms in total. The minimum Gasteiger partial charge on any atom is -0.493 e. The topological polar surface area (TPSA) is 86.5 Å². The number of aromatic nitrogens is 2. The molecule has 0 saturated carbocycles. The van der Waals surface area contributed by atoms with Crippen LogP contribution in [0.2, 0.25) is 0 Å². The van der Waals surface area contributed by atoms with E-state index in [0.29, 0.717) is 34.5 Å². The van der Waals surface area contributed by atoms with Gasteiger partial charge in [0.1, 0.15) is 6.61 Å². The van der Waals surface area contributed by atoms with Gasteiger partial charge < -0.3 is 19.3 Å². The highest BCUT2D eigenvalue weighted by Crippen LogP contribution is 2.29. The number of carbonyl (C=O) groups is 1. The van der Waals surface area contributed by atoms with Gasteiger partial charge in [-0.2, -0.15) is 4.98 Å². The minimum atomic E-state index is -0.305. The molecule has 0 unspecified atom stereocenters. The average molecular weight is 389 g/mol. The van der Waals surface area contributed by atoms with Gasteiger partial charge in [-0.3, -0.25) is 4.79 Å². The van der Waals surface area contributed by atoms with Crippen molar-refractivity contribution in [2.24, 2.45) is 0 Å². The van der Waals surface area contributed by atoms with Crippen molar-refractivity contribution in [2.45, 2.75) is 6.92 Å². The van der Waals surface area contributed by atoms with E-state index in [1.54, 1.807) is 43.3 Å². The number of hydrogen-bond acceptors (Lipinski definition) is 6. The van der Waals surface area contributed by atoms with Crippen LogP contribution in [0.15, 0.2) is 53.1 Å². The van der Waals surface area contributed by atoms with E-state index in [2.05, 4.69) is 21.4 Å². The quantitative estimate of drug-likeness (QED) is 0.490. The number of amides is 1. The second kappa shape index (κ2) is 9.24. The van der Waals surface area contributed by atoms with Crippen molar-refractivity contribution < 1.29 is 18.8 Å². The number of benzene rings is 2. The Bertz CT molecular complexity index is 1080. The second-order valence-electron chi connectivity index (χ2n) is 5.92. The number of ether oxygens (including phenoxy) is 2. The Hall–Kier alpha value is -4.05. The summed E-state index contributed by atoms with van der Waals surface area (Å²) < 4.78 is 15.9. The zero-order valence-electron chi connectivity index (χ0n) is 16.0. The van der Waals surface area contributed by atoms with Crippen LogP contribution in [-0.4, -0.2) is 29.8 Å².